The molecule has 0 aliphatic heterocycles. The summed E-state index contributed by atoms with van der Waals surface area (Å²) in [7, 11) is 1.55. The Bertz CT molecular complexity index is 1070. The first kappa shape index (κ1) is 21.9. The van der Waals surface area contributed by atoms with Crippen molar-refractivity contribution in [1.29, 1.82) is 0 Å². The molecule has 0 aliphatic carbocycles. The summed E-state index contributed by atoms with van der Waals surface area (Å²) in [6, 6.07) is 20.0. The minimum atomic E-state index is -0.476. The molecule has 0 saturated heterocycles. The number of hydrazone groups is 1. The van der Waals surface area contributed by atoms with Gasteiger partial charge in [0.2, 0.25) is 0 Å². The molecule has 8 heteroatoms. The molecule has 1 amide bonds. The molecule has 0 fully saturated rings. The summed E-state index contributed by atoms with van der Waals surface area (Å²) in [6.07, 6.45) is 1.46. The van der Waals surface area contributed by atoms with Crippen molar-refractivity contribution in [2.75, 3.05) is 13.7 Å². The summed E-state index contributed by atoms with van der Waals surface area (Å²) in [6.45, 7) is -0.196. The van der Waals surface area contributed by atoms with Crippen LogP contribution < -0.4 is 19.6 Å². The average molecular weight is 439 g/mol. The van der Waals surface area contributed by atoms with Crippen molar-refractivity contribution < 1.29 is 23.8 Å². The predicted octanol–water partition coefficient (Wildman–Crippen LogP) is 4.10. The maximum atomic E-state index is 12.2. The van der Waals surface area contributed by atoms with Gasteiger partial charge in [-0.25, -0.2) is 10.2 Å². The third kappa shape index (κ3) is 6.87. The van der Waals surface area contributed by atoms with Gasteiger partial charge in [0.05, 0.1) is 18.9 Å². The maximum absolute atomic E-state index is 12.2. The second-order valence-electron chi connectivity index (χ2n) is 6.23. The van der Waals surface area contributed by atoms with E-state index >= 15 is 0 Å². The average Bonchev–Trinajstić information content (AvgIpc) is 2.79. The molecule has 0 atom stereocenters. The van der Waals surface area contributed by atoms with Crippen LogP contribution in [0.3, 0.4) is 0 Å². The number of methoxy groups -OCH3 is 1. The third-order valence-corrected chi connectivity index (χ3v) is 4.22. The van der Waals surface area contributed by atoms with Crippen LogP contribution in [0.2, 0.25) is 5.02 Å². The van der Waals surface area contributed by atoms with Crippen LogP contribution in [0.4, 0.5) is 0 Å². The Hall–Kier alpha value is -3.84. The van der Waals surface area contributed by atoms with E-state index in [0.29, 0.717) is 33.4 Å². The second kappa shape index (κ2) is 10.8. The van der Waals surface area contributed by atoms with Crippen molar-refractivity contribution in [2.45, 2.75) is 0 Å². The number of carbonyl (C=O) groups excluding carboxylic acids is 2. The molecule has 158 valence electrons. The molecule has 31 heavy (non-hydrogen) atoms. The number of hydrogen-bond donors (Lipinski definition) is 1. The van der Waals surface area contributed by atoms with E-state index in [-0.39, 0.29) is 6.61 Å². The van der Waals surface area contributed by atoms with Gasteiger partial charge < -0.3 is 14.2 Å². The first-order valence-corrected chi connectivity index (χ1v) is 9.58. The Morgan fingerprint density at radius 2 is 1.68 bits per heavy atom. The highest BCUT2D eigenvalue weighted by Gasteiger charge is 2.08. The molecule has 0 radical (unpaired) electrons. The van der Waals surface area contributed by atoms with Gasteiger partial charge in [0, 0.05) is 5.02 Å². The molecule has 1 N–H and O–H groups in total. The monoisotopic (exact) mass is 438 g/mol. The van der Waals surface area contributed by atoms with Gasteiger partial charge >= 0.3 is 5.97 Å². The maximum Gasteiger partial charge on any atom is 0.343 e. The van der Waals surface area contributed by atoms with Crippen molar-refractivity contribution in [2.24, 2.45) is 5.10 Å². The number of nitrogens with zero attached hydrogens (tertiary/aromatic N) is 1. The lowest BCUT2D eigenvalue weighted by Gasteiger charge is -2.06. The lowest BCUT2D eigenvalue weighted by atomic mass is 10.2. The minimum Gasteiger partial charge on any atom is -0.497 e. The van der Waals surface area contributed by atoms with E-state index in [4.69, 9.17) is 25.8 Å². The van der Waals surface area contributed by atoms with E-state index in [1.807, 2.05) is 0 Å². The molecule has 7 nitrogen and oxygen atoms in total. The van der Waals surface area contributed by atoms with Gasteiger partial charge in [0.15, 0.2) is 6.61 Å². The van der Waals surface area contributed by atoms with Crippen molar-refractivity contribution >= 4 is 29.7 Å². The lowest BCUT2D eigenvalue weighted by Crippen LogP contribution is -2.24. The highest BCUT2D eigenvalue weighted by molar-refractivity contribution is 6.30. The highest BCUT2D eigenvalue weighted by atomic mass is 35.5. The standard InChI is InChI=1S/C23H19ClN2O5/c1-29-19-11-7-17(8-12-19)23(28)31-20-9-5-16(6-10-20)14-25-26-22(27)15-30-21-4-2-3-18(24)13-21/h2-14H,15H2,1H3,(H,26,27). The van der Waals surface area contributed by atoms with E-state index < -0.39 is 11.9 Å². The number of nitrogens with one attached hydrogen (secondary N) is 1. The number of amides is 1. The first-order valence-electron chi connectivity index (χ1n) is 9.20. The molecule has 0 unspecified atom stereocenters. The third-order valence-electron chi connectivity index (χ3n) is 3.99. The smallest absolute Gasteiger partial charge is 0.343 e. The van der Waals surface area contributed by atoms with Crippen LogP contribution >= 0.6 is 11.6 Å². The van der Waals surface area contributed by atoms with Crippen LogP contribution in [-0.4, -0.2) is 31.8 Å². The fourth-order valence-electron chi connectivity index (χ4n) is 2.43. The van der Waals surface area contributed by atoms with E-state index in [9.17, 15) is 9.59 Å². The van der Waals surface area contributed by atoms with Crippen molar-refractivity contribution in [3.63, 3.8) is 0 Å². The molecule has 0 aliphatic rings. The van der Waals surface area contributed by atoms with Crippen LogP contribution in [0.5, 0.6) is 17.2 Å². The number of rotatable bonds is 8. The molecule has 0 spiro atoms. The Labute approximate surface area is 184 Å². The van der Waals surface area contributed by atoms with Crippen LogP contribution in [0.25, 0.3) is 0 Å². The van der Waals surface area contributed by atoms with Gasteiger partial charge in [-0.05, 0) is 72.3 Å². The fraction of sp³-hybridized carbons (Fsp3) is 0.0870. The van der Waals surface area contributed by atoms with Crippen LogP contribution in [0, 0.1) is 0 Å². The Morgan fingerprint density at radius 3 is 2.35 bits per heavy atom. The van der Waals surface area contributed by atoms with Gasteiger partial charge in [-0.15, -0.1) is 0 Å². The molecule has 0 saturated carbocycles. The lowest BCUT2D eigenvalue weighted by molar-refractivity contribution is -0.123. The van der Waals surface area contributed by atoms with E-state index in [2.05, 4.69) is 10.5 Å². The van der Waals surface area contributed by atoms with Crippen molar-refractivity contribution in [3.8, 4) is 17.2 Å². The van der Waals surface area contributed by atoms with E-state index in [1.54, 1.807) is 79.9 Å². The number of halogens is 1. The molecule has 0 aromatic heterocycles. The highest BCUT2D eigenvalue weighted by Crippen LogP contribution is 2.17. The Balaban J connectivity index is 1.46. The fourth-order valence-corrected chi connectivity index (χ4v) is 2.61. The zero-order valence-corrected chi connectivity index (χ0v) is 17.3. The SMILES string of the molecule is COc1ccc(C(=O)Oc2ccc(C=NNC(=O)COc3cccc(Cl)c3)cc2)cc1. The molecule has 3 rings (SSSR count). The van der Waals surface area contributed by atoms with Crippen LogP contribution in [0.15, 0.2) is 77.9 Å². The molecular formula is C23H19ClN2O5. The number of esters is 1. The van der Waals surface area contributed by atoms with Crippen molar-refractivity contribution in [3.05, 3.63) is 88.9 Å². The quantitative estimate of drug-likeness (QED) is 0.248. The number of benzene rings is 3. The first-order chi connectivity index (χ1) is 15.0. The minimum absolute atomic E-state index is 0.196. The summed E-state index contributed by atoms with van der Waals surface area (Å²) in [5, 5.41) is 4.40. The summed E-state index contributed by atoms with van der Waals surface area (Å²) in [5.41, 5.74) is 3.49. The van der Waals surface area contributed by atoms with Gasteiger partial charge in [0.25, 0.3) is 5.91 Å². The summed E-state index contributed by atoms with van der Waals surface area (Å²) < 4.78 is 15.7. The molecule has 3 aromatic rings. The Kier molecular flexibility index (Phi) is 7.61. The summed E-state index contributed by atoms with van der Waals surface area (Å²) >= 11 is 5.86. The van der Waals surface area contributed by atoms with Gasteiger partial charge in [-0.2, -0.15) is 5.10 Å². The van der Waals surface area contributed by atoms with Crippen LogP contribution in [-0.2, 0) is 4.79 Å². The van der Waals surface area contributed by atoms with E-state index in [0.717, 1.165) is 0 Å². The van der Waals surface area contributed by atoms with Crippen LogP contribution in [0.1, 0.15) is 15.9 Å². The molecule has 0 bridgehead atoms. The number of hydrogen-bond acceptors (Lipinski definition) is 6. The normalized spacial score (nSPS) is 10.5. The summed E-state index contributed by atoms with van der Waals surface area (Å²) in [5.74, 6) is 0.643. The second-order valence-corrected chi connectivity index (χ2v) is 6.66. The summed E-state index contributed by atoms with van der Waals surface area (Å²) in [4.78, 5) is 24.0. The van der Waals surface area contributed by atoms with E-state index in [1.165, 1.54) is 6.21 Å². The zero-order valence-electron chi connectivity index (χ0n) is 16.6. The van der Waals surface area contributed by atoms with Crippen molar-refractivity contribution in [1.82, 2.24) is 5.43 Å². The molecule has 3 aromatic carbocycles. The molecule has 0 heterocycles. The number of ether oxygens (including phenoxy) is 3. The van der Waals surface area contributed by atoms with Gasteiger partial charge in [-0.1, -0.05) is 17.7 Å². The number of carbonyl (C=O) groups is 2. The predicted molar refractivity (Wildman–Crippen MR) is 117 cm³/mol. The topological polar surface area (TPSA) is 86.2 Å². The largest absolute Gasteiger partial charge is 0.497 e. The molecular weight excluding hydrogens is 420 g/mol. The zero-order chi connectivity index (χ0) is 22.1. The van der Waals surface area contributed by atoms with Gasteiger partial charge in [-0.3, -0.25) is 4.79 Å². The Morgan fingerprint density at radius 1 is 0.968 bits per heavy atom. The van der Waals surface area contributed by atoms with Gasteiger partial charge in [0.1, 0.15) is 17.2 Å².